The molecule has 1 aliphatic heterocycles. The molecule has 2 aromatic heterocycles. The molecule has 3 aromatic rings. The molecule has 8 heteroatoms. The third-order valence-electron chi connectivity index (χ3n) is 4.06. The zero-order chi connectivity index (χ0) is 19.0. The highest BCUT2D eigenvalue weighted by molar-refractivity contribution is 6.14. The van der Waals surface area contributed by atoms with Crippen LogP contribution in [0.3, 0.4) is 0 Å². The van der Waals surface area contributed by atoms with E-state index < -0.39 is 11.8 Å². The van der Waals surface area contributed by atoms with Crippen LogP contribution in [0.5, 0.6) is 0 Å². The summed E-state index contributed by atoms with van der Waals surface area (Å²) in [7, 11) is 0. The average Bonchev–Trinajstić information content (AvgIpc) is 3.39. The minimum absolute atomic E-state index is 0.0198. The van der Waals surface area contributed by atoms with Crippen LogP contribution in [-0.4, -0.2) is 32.3 Å². The van der Waals surface area contributed by atoms with Gasteiger partial charge in [-0.25, -0.2) is 4.68 Å². The van der Waals surface area contributed by atoms with Crippen molar-refractivity contribution in [3.63, 3.8) is 0 Å². The number of carbonyl (C=O) groups excluding carboxylic acids is 2. The molecule has 0 saturated carbocycles. The summed E-state index contributed by atoms with van der Waals surface area (Å²) in [4.78, 5) is 24.9. The predicted octanol–water partition coefficient (Wildman–Crippen LogP) is 2.75. The lowest BCUT2D eigenvalue weighted by Crippen LogP contribution is -2.29. The van der Waals surface area contributed by atoms with Crippen molar-refractivity contribution in [1.82, 2.24) is 14.8 Å². The highest BCUT2D eigenvalue weighted by Gasteiger charge is 2.34. The fourth-order valence-electron chi connectivity index (χ4n) is 2.89. The maximum absolute atomic E-state index is 12.9. The minimum Gasteiger partial charge on any atom is -0.463 e. The first-order valence-corrected chi connectivity index (χ1v) is 8.14. The van der Waals surface area contributed by atoms with Crippen molar-refractivity contribution < 1.29 is 14.0 Å². The third kappa shape index (κ3) is 2.71. The third-order valence-corrected chi connectivity index (χ3v) is 4.06. The second kappa shape index (κ2) is 6.38. The van der Waals surface area contributed by atoms with Gasteiger partial charge in [-0.3, -0.25) is 9.59 Å². The molecule has 27 heavy (non-hydrogen) atoms. The topological polar surface area (TPSA) is 104 Å². The Morgan fingerprint density at radius 3 is 2.59 bits per heavy atom. The van der Waals surface area contributed by atoms with Gasteiger partial charge in [-0.05, 0) is 31.2 Å². The fraction of sp³-hybridized carbons (Fsp3) is 0.105. The molecule has 4 rings (SSSR count). The SMILES string of the molecule is CC1=NN(C(=O)c2nn(-c3ccccc3)c(-c3ccco3)c2C#N)C(=O)C1. The van der Waals surface area contributed by atoms with Crippen LogP contribution >= 0.6 is 0 Å². The zero-order valence-electron chi connectivity index (χ0n) is 14.3. The molecule has 1 aromatic carbocycles. The average molecular weight is 359 g/mol. The summed E-state index contributed by atoms with van der Waals surface area (Å²) in [5.74, 6) is -0.805. The van der Waals surface area contributed by atoms with Gasteiger partial charge >= 0.3 is 5.91 Å². The summed E-state index contributed by atoms with van der Waals surface area (Å²) in [6, 6.07) is 14.4. The van der Waals surface area contributed by atoms with Crippen LogP contribution in [0.25, 0.3) is 17.1 Å². The number of hydrogen-bond acceptors (Lipinski definition) is 6. The number of para-hydroxylation sites is 1. The number of nitrogens with zero attached hydrogens (tertiary/aromatic N) is 5. The van der Waals surface area contributed by atoms with Gasteiger partial charge in [0.05, 0.1) is 18.4 Å². The molecule has 0 aliphatic carbocycles. The molecule has 8 nitrogen and oxygen atoms in total. The second-order valence-corrected chi connectivity index (χ2v) is 5.93. The highest BCUT2D eigenvalue weighted by Crippen LogP contribution is 2.30. The largest absolute Gasteiger partial charge is 0.463 e. The maximum atomic E-state index is 12.9. The van der Waals surface area contributed by atoms with Gasteiger partial charge in [0.2, 0.25) is 0 Å². The number of hydrazone groups is 1. The van der Waals surface area contributed by atoms with E-state index in [0.717, 1.165) is 5.01 Å². The van der Waals surface area contributed by atoms with Gasteiger partial charge in [-0.1, -0.05) is 18.2 Å². The first kappa shape index (κ1) is 16.5. The Bertz CT molecular complexity index is 1100. The second-order valence-electron chi connectivity index (χ2n) is 5.93. The van der Waals surface area contributed by atoms with Gasteiger partial charge in [0.1, 0.15) is 17.3 Å². The van der Waals surface area contributed by atoms with E-state index in [9.17, 15) is 14.9 Å². The summed E-state index contributed by atoms with van der Waals surface area (Å²) in [5, 5.41) is 18.8. The molecule has 0 saturated heterocycles. The smallest absolute Gasteiger partial charge is 0.303 e. The molecule has 0 spiro atoms. The molecule has 0 unspecified atom stereocenters. The van der Waals surface area contributed by atoms with Gasteiger partial charge in [0.25, 0.3) is 5.91 Å². The molecule has 1 aliphatic rings. The van der Waals surface area contributed by atoms with E-state index in [0.29, 0.717) is 22.9 Å². The van der Waals surface area contributed by atoms with Gasteiger partial charge in [0.15, 0.2) is 11.5 Å². The minimum atomic E-state index is -0.740. The van der Waals surface area contributed by atoms with Crippen molar-refractivity contribution in [2.75, 3.05) is 0 Å². The van der Waals surface area contributed by atoms with Gasteiger partial charge in [-0.15, -0.1) is 0 Å². The lowest BCUT2D eigenvalue weighted by Gasteiger charge is -2.07. The first-order chi connectivity index (χ1) is 13.1. The summed E-state index contributed by atoms with van der Waals surface area (Å²) in [5.41, 5.74) is 1.38. The van der Waals surface area contributed by atoms with E-state index in [1.165, 1.54) is 10.9 Å². The van der Waals surface area contributed by atoms with Crippen molar-refractivity contribution in [1.29, 1.82) is 5.26 Å². The number of furan rings is 1. The first-order valence-electron chi connectivity index (χ1n) is 8.14. The molecular formula is C19H13N5O3. The number of aromatic nitrogens is 2. The van der Waals surface area contributed by atoms with Crippen LogP contribution in [0.4, 0.5) is 0 Å². The van der Waals surface area contributed by atoms with E-state index >= 15 is 0 Å². The Kier molecular flexibility index (Phi) is 3.90. The van der Waals surface area contributed by atoms with Crippen LogP contribution < -0.4 is 0 Å². The molecule has 3 heterocycles. The standard InChI is InChI=1S/C19H13N5O3/c1-12-10-16(25)24(21-12)19(26)17-14(11-20)18(15-8-5-9-27-15)23(22-17)13-6-3-2-4-7-13/h2-9H,10H2,1H3. The Morgan fingerprint density at radius 1 is 1.22 bits per heavy atom. The number of rotatable bonds is 3. The lowest BCUT2D eigenvalue weighted by molar-refractivity contribution is -0.126. The fourth-order valence-corrected chi connectivity index (χ4v) is 2.89. The Hall–Kier alpha value is -3.99. The molecular weight excluding hydrogens is 346 g/mol. The lowest BCUT2D eigenvalue weighted by atomic mass is 10.1. The highest BCUT2D eigenvalue weighted by atomic mass is 16.3. The maximum Gasteiger partial charge on any atom is 0.303 e. The number of nitriles is 1. The van der Waals surface area contributed by atoms with Crippen LogP contribution in [0.15, 0.2) is 58.2 Å². The zero-order valence-corrected chi connectivity index (χ0v) is 14.3. The number of hydrogen-bond donors (Lipinski definition) is 0. The molecule has 2 amide bonds. The van der Waals surface area contributed by atoms with Crippen LogP contribution in [0.1, 0.15) is 29.4 Å². The molecule has 0 N–H and O–H groups in total. The molecule has 0 radical (unpaired) electrons. The number of benzene rings is 1. The van der Waals surface area contributed by atoms with Crippen LogP contribution in [0.2, 0.25) is 0 Å². The number of amides is 2. The Labute approximate surface area is 153 Å². The Balaban J connectivity index is 1.93. The van der Waals surface area contributed by atoms with E-state index in [4.69, 9.17) is 4.42 Å². The van der Waals surface area contributed by atoms with Crippen molar-refractivity contribution in [2.24, 2.45) is 5.10 Å². The van der Waals surface area contributed by atoms with Crippen LogP contribution in [-0.2, 0) is 4.79 Å². The van der Waals surface area contributed by atoms with Crippen molar-refractivity contribution in [3.8, 4) is 23.2 Å². The predicted molar refractivity (Wildman–Crippen MR) is 94.9 cm³/mol. The van der Waals surface area contributed by atoms with Crippen LogP contribution in [0, 0.1) is 11.3 Å². The van der Waals surface area contributed by atoms with Gasteiger partial charge in [-0.2, -0.15) is 20.5 Å². The van der Waals surface area contributed by atoms with E-state index in [-0.39, 0.29) is 17.7 Å². The summed E-state index contributed by atoms with van der Waals surface area (Å²) in [6.45, 7) is 1.66. The molecule has 0 atom stereocenters. The Morgan fingerprint density at radius 2 is 2.00 bits per heavy atom. The molecule has 0 bridgehead atoms. The number of carbonyl (C=O) groups is 2. The summed E-state index contributed by atoms with van der Waals surface area (Å²) < 4.78 is 6.91. The van der Waals surface area contributed by atoms with E-state index in [2.05, 4.69) is 10.2 Å². The van der Waals surface area contributed by atoms with Crippen molar-refractivity contribution >= 4 is 17.5 Å². The van der Waals surface area contributed by atoms with E-state index in [1.807, 2.05) is 24.3 Å². The van der Waals surface area contributed by atoms with Gasteiger partial charge < -0.3 is 4.42 Å². The normalized spacial score (nSPS) is 13.6. The summed E-state index contributed by atoms with van der Waals surface area (Å²) in [6.07, 6.45) is 1.54. The number of imide groups is 1. The van der Waals surface area contributed by atoms with Crippen molar-refractivity contribution in [3.05, 3.63) is 60.0 Å². The molecule has 132 valence electrons. The van der Waals surface area contributed by atoms with Crippen molar-refractivity contribution in [2.45, 2.75) is 13.3 Å². The summed E-state index contributed by atoms with van der Waals surface area (Å²) >= 11 is 0. The quantitative estimate of drug-likeness (QED) is 0.669. The van der Waals surface area contributed by atoms with Gasteiger partial charge in [0, 0.05) is 5.71 Å². The molecule has 0 fully saturated rings. The van der Waals surface area contributed by atoms with E-state index in [1.54, 1.807) is 31.2 Å². The monoisotopic (exact) mass is 359 g/mol.